The zero-order valence-electron chi connectivity index (χ0n) is 14.5. The molecule has 1 saturated heterocycles. The number of nitrogens with zero attached hydrogens (tertiary/aromatic N) is 1. The molecule has 2 heterocycles. The Hall–Kier alpha value is -2.38. The van der Waals surface area contributed by atoms with Gasteiger partial charge < -0.3 is 20.6 Å². The molecule has 1 atom stereocenters. The van der Waals surface area contributed by atoms with Crippen molar-refractivity contribution in [3.05, 3.63) is 46.7 Å². The monoisotopic (exact) mass is 373 g/mol. The summed E-state index contributed by atoms with van der Waals surface area (Å²) in [6.45, 7) is 1.13. The van der Waals surface area contributed by atoms with E-state index < -0.39 is 0 Å². The van der Waals surface area contributed by atoms with Crippen LogP contribution in [0.5, 0.6) is 0 Å². The Labute approximate surface area is 156 Å². The largest absolute Gasteiger partial charge is 0.396 e. The highest BCUT2D eigenvalue weighted by Crippen LogP contribution is 2.24. The van der Waals surface area contributed by atoms with Gasteiger partial charge in [0.15, 0.2) is 0 Å². The maximum absolute atomic E-state index is 12.1. The smallest absolute Gasteiger partial charge is 0.319 e. The Balaban J connectivity index is 1.52. The predicted octanol–water partition coefficient (Wildman–Crippen LogP) is 2.85. The zero-order valence-corrected chi connectivity index (χ0v) is 15.3. The van der Waals surface area contributed by atoms with Crippen LogP contribution in [0.3, 0.4) is 0 Å². The second-order valence-corrected chi connectivity index (χ2v) is 7.20. The molecule has 3 N–H and O–H groups in total. The Morgan fingerprint density at radius 1 is 1.35 bits per heavy atom. The molecule has 1 aromatic carbocycles. The van der Waals surface area contributed by atoms with Crippen molar-refractivity contribution in [3.8, 4) is 0 Å². The Morgan fingerprint density at radius 2 is 2.23 bits per heavy atom. The molecule has 0 aliphatic carbocycles. The molecule has 0 saturated carbocycles. The highest BCUT2D eigenvalue weighted by Gasteiger charge is 2.21. The predicted molar refractivity (Wildman–Crippen MR) is 104 cm³/mol. The fraction of sp³-hybridized carbons (Fsp3) is 0.368. The van der Waals surface area contributed by atoms with E-state index in [0.717, 1.165) is 25.1 Å². The van der Waals surface area contributed by atoms with Gasteiger partial charge in [-0.15, -0.1) is 0 Å². The third-order valence-electron chi connectivity index (χ3n) is 4.40. The lowest BCUT2D eigenvalue weighted by atomic mass is 10.0. The van der Waals surface area contributed by atoms with Crippen molar-refractivity contribution in [1.82, 2.24) is 5.32 Å². The van der Waals surface area contributed by atoms with Gasteiger partial charge in [0.05, 0.1) is 0 Å². The van der Waals surface area contributed by atoms with E-state index in [4.69, 9.17) is 0 Å². The summed E-state index contributed by atoms with van der Waals surface area (Å²) < 4.78 is 0. The van der Waals surface area contributed by atoms with Crippen LogP contribution in [0.1, 0.15) is 18.4 Å². The average molecular weight is 373 g/mol. The van der Waals surface area contributed by atoms with Crippen molar-refractivity contribution in [2.24, 2.45) is 5.92 Å². The number of anilines is 2. The normalized spacial score (nSPS) is 15.1. The molecular weight excluding hydrogens is 350 g/mol. The van der Waals surface area contributed by atoms with E-state index in [1.165, 1.54) is 5.56 Å². The molecule has 6 nitrogen and oxygen atoms in total. The molecule has 1 fully saturated rings. The molecule has 0 spiro atoms. The SMILES string of the molecule is O=C(NC[C@H](CO)Cc1ccsc1)Nc1cccc(N2CCCC2=O)c1. The summed E-state index contributed by atoms with van der Waals surface area (Å²) in [7, 11) is 0. The number of nitrogens with one attached hydrogen (secondary N) is 2. The quantitative estimate of drug-likeness (QED) is 0.698. The number of urea groups is 1. The number of carbonyl (C=O) groups excluding carboxylic acids is 2. The summed E-state index contributed by atoms with van der Waals surface area (Å²) in [6, 6.07) is 8.99. The highest BCUT2D eigenvalue weighted by molar-refractivity contribution is 7.07. The van der Waals surface area contributed by atoms with E-state index in [-0.39, 0.29) is 24.5 Å². The fourth-order valence-corrected chi connectivity index (χ4v) is 3.71. The van der Waals surface area contributed by atoms with Gasteiger partial charge in [0.25, 0.3) is 0 Å². The van der Waals surface area contributed by atoms with E-state index in [2.05, 4.69) is 10.6 Å². The van der Waals surface area contributed by atoms with Crippen LogP contribution < -0.4 is 15.5 Å². The van der Waals surface area contributed by atoms with E-state index in [1.807, 2.05) is 29.0 Å². The molecule has 2 aromatic rings. The highest BCUT2D eigenvalue weighted by atomic mass is 32.1. The summed E-state index contributed by atoms with van der Waals surface area (Å²) in [5.74, 6) is 0.0923. The van der Waals surface area contributed by atoms with Gasteiger partial charge in [-0.05, 0) is 53.4 Å². The number of aliphatic hydroxyl groups is 1. The van der Waals surface area contributed by atoms with E-state index in [0.29, 0.717) is 18.7 Å². The van der Waals surface area contributed by atoms with Gasteiger partial charge in [-0.3, -0.25) is 4.79 Å². The maximum atomic E-state index is 12.1. The molecule has 1 aliphatic heterocycles. The van der Waals surface area contributed by atoms with Crippen molar-refractivity contribution in [1.29, 1.82) is 0 Å². The maximum Gasteiger partial charge on any atom is 0.319 e. The van der Waals surface area contributed by atoms with Gasteiger partial charge in [0.1, 0.15) is 0 Å². The Bertz CT molecular complexity index is 748. The molecule has 1 aromatic heterocycles. The summed E-state index contributed by atoms with van der Waals surface area (Å²) in [5, 5.41) is 19.2. The first kappa shape index (κ1) is 18.4. The third kappa shape index (κ3) is 4.83. The molecule has 26 heavy (non-hydrogen) atoms. The van der Waals surface area contributed by atoms with Crippen LogP contribution in [0.25, 0.3) is 0 Å². The average Bonchev–Trinajstić information content (AvgIpc) is 3.30. The second-order valence-electron chi connectivity index (χ2n) is 6.42. The van der Waals surface area contributed by atoms with Crippen molar-refractivity contribution >= 4 is 34.6 Å². The molecule has 1 aliphatic rings. The van der Waals surface area contributed by atoms with E-state index in [1.54, 1.807) is 28.4 Å². The first-order valence-electron chi connectivity index (χ1n) is 8.73. The summed E-state index contributed by atoms with van der Waals surface area (Å²) >= 11 is 1.62. The topological polar surface area (TPSA) is 81.7 Å². The lowest BCUT2D eigenvalue weighted by Crippen LogP contribution is -2.35. The lowest BCUT2D eigenvalue weighted by Gasteiger charge is -2.17. The Kier molecular flexibility index (Phi) is 6.25. The first-order chi connectivity index (χ1) is 12.7. The number of amides is 3. The molecule has 0 bridgehead atoms. The van der Waals surface area contributed by atoms with E-state index >= 15 is 0 Å². The van der Waals surface area contributed by atoms with Gasteiger partial charge in [-0.25, -0.2) is 4.79 Å². The third-order valence-corrected chi connectivity index (χ3v) is 5.14. The molecule has 0 unspecified atom stereocenters. The molecule has 138 valence electrons. The fourth-order valence-electron chi connectivity index (χ4n) is 3.03. The minimum atomic E-state index is -0.321. The number of thiophene rings is 1. The van der Waals surface area contributed by atoms with Gasteiger partial charge >= 0.3 is 6.03 Å². The van der Waals surface area contributed by atoms with Crippen molar-refractivity contribution in [3.63, 3.8) is 0 Å². The molecule has 3 amide bonds. The molecular formula is C19H23N3O3S. The standard InChI is InChI=1S/C19H23N3O3S/c23-12-15(9-14-6-8-26-13-14)11-20-19(25)21-16-3-1-4-17(10-16)22-7-2-5-18(22)24/h1,3-4,6,8,10,13,15,23H,2,5,7,9,11-12H2,(H2,20,21,25)/t15-/m1/s1. The number of carbonyl (C=O) groups is 2. The van der Waals surface area contributed by atoms with E-state index in [9.17, 15) is 14.7 Å². The van der Waals surface area contributed by atoms with Crippen LogP contribution >= 0.6 is 11.3 Å². The summed E-state index contributed by atoms with van der Waals surface area (Å²) in [6.07, 6.45) is 2.17. The number of rotatable bonds is 7. The molecule has 7 heteroatoms. The Morgan fingerprint density at radius 3 is 2.92 bits per heavy atom. The van der Waals surface area contributed by atoms with Crippen LogP contribution in [-0.2, 0) is 11.2 Å². The summed E-state index contributed by atoms with van der Waals surface area (Å²) in [5.41, 5.74) is 2.60. The van der Waals surface area contributed by atoms with Crippen LogP contribution in [0.15, 0.2) is 41.1 Å². The van der Waals surface area contributed by atoms with Gasteiger partial charge in [0, 0.05) is 43.4 Å². The van der Waals surface area contributed by atoms with Crippen LogP contribution in [0.4, 0.5) is 16.2 Å². The minimum Gasteiger partial charge on any atom is -0.396 e. The number of aliphatic hydroxyl groups excluding tert-OH is 1. The van der Waals surface area contributed by atoms with Crippen molar-refractivity contribution < 1.29 is 14.7 Å². The molecule has 0 radical (unpaired) electrons. The second kappa shape index (κ2) is 8.82. The zero-order chi connectivity index (χ0) is 18.4. The van der Waals surface area contributed by atoms with Crippen molar-refractivity contribution in [2.75, 3.05) is 29.9 Å². The first-order valence-corrected chi connectivity index (χ1v) is 9.67. The number of benzene rings is 1. The number of hydrogen-bond acceptors (Lipinski definition) is 4. The van der Waals surface area contributed by atoms with Gasteiger partial charge in [-0.2, -0.15) is 11.3 Å². The molecule has 3 rings (SSSR count). The minimum absolute atomic E-state index is 0.0166. The lowest BCUT2D eigenvalue weighted by molar-refractivity contribution is -0.117. The number of hydrogen-bond donors (Lipinski definition) is 3. The van der Waals surface area contributed by atoms with Crippen LogP contribution in [0, 0.1) is 5.92 Å². The van der Waals surface area contributed by atoms with Gasteiger partial charge in [-0.1, -0.05) is 6.07 Å². The van der Waals surface area contributed by atoms with Crippen LogP contribution in [-0.4, -0.2) is 36.7 Å². The van der Waals surface area contributed by atoms with Crippen LogP contribution in [0.2, 0.25) is 0 Å². The summed E-state index contributed by atoms with van der Waals surface area (Å²) in [4.78, 5) is 25.7. The van der Waals surface area contributed by atoms with Gasteiger partial charge in [0.2, 0.25) is 5.91 Å². The van der Waals surface area contributed by atoms with Crippen molar-refractivity contribution in [2.45, 2.75) is 19.3 Å².